The van der Waals surface area contributed by atoms with Gasteiger partial charge in [0.15, 0.2) is 5.78 Å². The molecule has 2 heterocycles. The van der Waals surface area contributed by atoms with E-state index in [1.54, 1.807) is 7.11 Å². The standard InChI is InChI=1S/C20H29ClO6/c1-12(2)5-6-15-19(3,27-15)18-17(24-4)14(7-8-20(18)11-25-20)26-16(23)9-13(22)10-21/h5,14-15,17-18H,6-11H2,1-4H3/t14?,15-,17?,18?,19?,20?/m1/s1. The van der Waals surface area contributed by atoms with Gasteiger partial charge in [-0.25, -0.2) is 0 Å². The van der Waals surface area contributed by atoms with Crippen LogP contribution in [0.5, 0.6) is 0 Å². The van der Waals surface area contributed by atoms with Crippen LogP contribution in [-0.4, -0.2) is 60.9 Å². The van der Waals surface area contributed by atoms with Gasteiger partial charge in [-0.3, -0.25) is 9.59 Å². The van der Waals surface area contributed by atoms with Gasteiger partial charge >= 0.3 is 5.97 Å². The third-order valence-corrected chi connectivity index (χ3v) is 6.31. The van der Waals surface area contributed by atoms with Crippen molar-refractivity contribution in [1.82, 2.24) is 0 Å². The van der Waals surface area contributed by atoms with Crippen LogP contribution in [0.4, 0.5) is 0 Å². The molecule has 0 aromatic carbocycles. The van der Waals surface area contributed by atoms with Crippen LogP contribution in [0.2, 0.25) is 0 Å². The Morgan fingerprint density at radius 3 is 2.59 bits per heavy atom. The normalized spacial score (nSPS) is 39.7. The van der Waals surface area contributed by atoms with E-state index < -0.39 is 12.1 Å². The predicted octanol–water partition coefficient (Wildman–Crippen LogP) is 2.80. The Balaban J connectivity index is 1.73. The summed E-state index contributed by atoms with van der Waals surface area (Å²) in [7, 11) is 1.63. The zero-order valence-corrected chi connectivity index (χ0v) is 17.2. The van der Waals surface area contributed by atoms with E-state index in [0.29, 0.717) is 13.0 Å². The number of halogens is 1. The maximum atomic E-state index is 12.1. The molecule has 1 spiro atoms. The first-order chi connectivity index (χ1) is 12.8. The van der Waals surface area contributed by atoms with Crippen molar-refractivity contribution in [3.05, 3.63) is 11.6 Å². The van der Waals surface area contributed by atoms with Crippen LogP contribution in [0, 0.1) is 5.92 Å². The average Bonchev–Trinajstić information content (AvgIpc) is 3.52. The maximum Gasteiger partial charge on any atom is 0.313 e. The molecule has 3 fully saturated rings. The van der Waals surface area contributed by atoms with Gasteiger partial charge in [0, 0.05) is 7.11 Å². The molecule has 0 radical (unpaired) electrons. The second-order valence-corrected chi connectivity index (χ2v) is 8.52. The van der Waals surface area contributed by atoms with Crippen molar-refractivity contribution in [2.45, 2.75) is 76.0 Å². The minimum atomic E-state index is -0.554. The van der Waals surface area contributed by atoms with E-state index in [1.165, 1.54) is 5.57 Å². The number of methoxy groups -OCH3 is 1. The molecule has 3 aliphatic rings. The SMILES string of the molecule is COC1C(OC(=O)CC(=O)CCl)CCC2(CO2)C1C1(C)O[C@@H]1CC=C(C)C. The second-order valence-electron chi connectivity index (χ2n) is 8.26. The molecule has 152 valence electrons. The van der Waals surface area contributed by atoms with Crippen molar-refractivity contribution in [2.24, 2.45) is 5.92 Å². The number of hydrogen-bond acceptors (Lipinski definition) is 6. The molecule has 0 bridgehead atoms. The van der Waals surface area contributed by atoms with Gasteiger partial charge in [-0.15, -0.1) is 11.6 Å². The van der Waals surface area contributed by atoms with Crippen LogP contribution < -0.4 is 0 Å². The van der Waals surface area contributed by atoms with Gasteiger partial charge in [0.2, 0.25) is 0 Å². The number of ketones is 1. The van der Waals surface area contributed by atoms with Gasteiger partial charge < -0.3 is 18.9 Å². The van der Waals surface area contributed by atoms with Crippen LogP contribution in [0.15, 0.2) is 11.6 Å². The Hall–Kier alpha value is -0.950. The fraction of sp³-hybridized carbons (Fsp3) is 0.800. The molecular weight excluding hydrogens is 372 g/mol. The lowest BCUT2D eigenvalue weighted by Crippen LogP contribution is -2.55. The molecule has 0 aromatic rings. The van der Waals surface area contributed by atoms with Crippen LogP contribution >= 0.6 is 11.6 Å². The van der Waals surface area contributed by atoms with Crippen molar-refractivity contribution >= 4 is 23.4 Å². The lowest BCUT2D eigenvalue weighted by molar-refractivity contribution is -0.172. The summed E-state index contributed by atoms with van der Waals surface area (Å²) >= 11 is 5.48. The number of alkyl halides is 1. The molecule has 27 heavy (non-hydrogen) atoms. The van der Waals surface area contributed by atoms with Crippen LogP contribution in [0.25, 0.3) is 0 Å². The van der Waals surface area contributed by atoms with E-state index >= 15 is 0 Å². The number of epoxide rings is 2. The summed E-state index contributed by atoms with van der Waals surface area (Å²) in [6, 6.07) is 0. The summed E-state index contributed by atoms with van der Waals surface area (Å²) in [4.78, 5) is 23.5. The number of Topliss-reactive ketones (excluding diaryl/α,β-unsaturated/α-hetero) is 1. The molecule has 2 aliphatic heterocycles. The summed E-state index contributed by atoms with van der Waals surface area (Å²) in [6.07, 6.45) is 3.49. The van der Waals surface area contributed by atoms with Crippen molar-refractivity contribution < 1.29 is 28.5 Å². The molecule has 2 saturated heterocycles. The van der Waals surface area contributed by atoms with E-state index in [1.807, 2.05) is 0 Å². The molecule has 1 saturated carbocycles. The molecule has 0 N–H and O–H groups in total. The smallest absolute Gasteiger partial charge is 0.313 e. The van der Waals surface area contributed by atoms with E-state index in [0.717, 1.165) is 12.8 Å². The fourth-order valence-electron chi connectivity index (χ4n) is 4.49. The number of allylic oxidation sites excluding steroid dienone is 1. The molecule has 0 aromatic heterocycles. The quantitative estimate of drug-likeness (QED) is 0.205. The summed E-state index contributed by atoms with van der Waals surface area (Å²) < 4.78 is 23.4. The Labute approximate surface area is 165 Å². The zero-order valence-electron chi connectivity index (χ0n) is 16.5. The molecule has 7 heteroatoms. The maximum absolute atomic E-state index is 12.1. The Morgan fingerprint density at radius 1 is 1.33 bits per heavy atom. The molecule has 6 atom stereocenters. The molecule has 1 aliphatic carbocycles. The lowest BCUT2D eigenvalue weighted by Gasteiger charge is -2.42. The number of esters is 1. The first-order valence-electron chi connectivity index (χ1n) is 9.51. The molecular formula is C20H29ClO6. The summed E-state index contributed by atoms with van der Waals surface area (Å²) in [5, 5.41) is 0. The highest BCUT2D eigenvalue weighted by molar-refractivity contribution is 6.28. The zero-order chi connectivity index (χ0) is 19.8. The number of rotatable bonds is 8. The van der Waals surface area contributed by atoms with Gasteiger partial charge in [0.1, 0.15) is 29.8 Å². The number of ether oxygens (including phenoxy) is 4. The highest BCUT2D eigenvalue weighted by Crippen LogP contribution is 2.59. The molecule has 3 rings (SSSR count). The largest absolute Gasteiger partial charge is 0.459 e. The highest BCUT2D eigenvalue weighted by atomic mass is 35.5. The van der Waals surface area contributed by atoms with E-state index in [2.05, 4.69) is 26.8 Å². The second kappa shape index (κ2) is 7.82. The van der Waals surface area contributed by atoms with Crippen LogP contribution in [-0.2, 0) is 28.5 Å². The summed E-state index contributed by atoms with van der Waals surface area (Å²) in [6.45, 7) is 6.91. The van der Waals surface area contributed by atoms with Gasteiger partial charge in [0.05, 0.1) is 24.5 Å². The van der Waals surface area contributed by atoms with E-state index in [-0.39, 0.29) is 47.4 Å². The van der Waals surface area contributed by atoms with E-state index in [4.69, 9.17) is 30.5 Å². The van der Waals surface area contributed by atoms with Gasteiger partial charge in [-0.1, -0.05) is 11.6 Å². The first-order valence-corrected chi connectivity index (χ1v) is 10.0. The average molecular weight is 401 g/mol. The van der Waals surface area contributed by atoms with E-state index in [9.17, 15) is 9.59 Å². The first kappa shape index (κ1) is 20.8. The Bertz CT molecular complexity index is 624. The van der Waals surface area contributed by atoms with Gasteiger partial charge in [0.25, 0.3) is 0 Å². The van der Waals surface area contributed by atoms with Crippen LogP contribution in [0.1, 0.15) is 46.5 Å². The third kappa shape index (κ3) is 4.24. The number of carbonyl (C=O) groups is 2. The lowest BCUT2D eigenvalue weighted by atomic mass is 9.68. The van der Waals surface area contributed by atoms with Crippen molar-refractivity contribution in [1.29, 1.82) is 0 Å². The van der Waals surface area contributed by atoms with Crippen molar-refractivity contribution in [3.63, 3.8) is 0 Å². The summed E-state index contributed by atoms with van der Waals surface area (Å²) in [5.74, 6) is -1.11. The third-order valence-electron chi connectivity index (χ3n) is 6.01. The highest BCUT2D eigenvalue weighted by Gasteiger charge is 2.72. The van der Waals surface area contributed by atoms with Gasteiger partial charge in [-0.2, -0.15) is 0 Å². The fourth-order valence-corrected chi connectivity index (χ4v) is 4.58. The number of carbonyl (C=O) groups excluding carboxylic acids is 2. The minimum absolute atomic E-state index is 0.0270. The predicted molar refractivity (Wildman–Crippen MR) is 99.8 cm³/mol. The topological polar surface area (TPSA) is 77.7 Å². The van der Waals surface area contributed by atoms with Crippen molar-refractivity contribution in [3.8, 4) is 0 Å². The summed E-state index contributed by atoms with van der Waals surface area (Å²) in [5.41, 5.74) is 0.623. The monoisotopic (exact) mass is 400 g/mol. The Morgan fingerprint density at radius 2 is 2.04 bits per heavy atom. The van der Waals surface area contributed by atoms with Gasteiger partial charge in [-0.05, 0) is 40.0 Å². The molecule has 6 nitrogen and oxygen atoms in total. The Kier molecular flexibility index (Phi) is 6.02. The minimum Gasteiger partial charge on any atom is -0.459 e. The molecule has 0 amide bonds. The number of hydrogen-bond donors (Lipinski definition) is 0. The van der Waals surface area contributed by atoms with Crippen molar-refractivity contribution in [2.75, 3.05) is 19.6 Å². The van der Waals surface area contributed by atoms with Crippen LogP contribution in [0.3, 0.4) is 0 Å². The molecule has 5 unspecified atom stereocenters.